The minimum absolute atomic E-state index is 0.837. The zero-order valence-corrected chi connectivity index (χ0v) is 23.8. The molecule has 0 aliphatic carbocycles. The molecule has 8 rings (SSSR count). The topological polar surface area (TPSA) is 17.1 Å². The van der Waals surface area contributed by atoms with Crippen LogP contribution in [-0.2, 0) is 4.57 Å². The lowest BCUT2D eigenvalue weighted by Crippen LogP contribution is -2.25. The summed E-state index contributed by atoms with van der Waals surface area (Å²) in [5.74, 6) is 0. The molecular formula is C40H27OP. The smallest absolute Gasteiger partial charge is 0.171 e. The number of hydrogen-bond acceptors (Lipinski definition) is 1. The highest BCUT2D eigenvalue weighted by atomic mass is 31.2. The average Bonchev–Trinajstić information content (AvgIpc) is 3.07. The Kier molecular flexibility index (Phi) is 5.81. The van der Waals surface area contributed by atoms with Crippen LogP contribution in [0.25, 0.3) is 54.2 Å². The van der Waals surface area contributed by atoms with Crippen LogP contribution in [-0.4, -0.2) is 0 Å². The number of benzene rings is 8. The number of hydrogen-bond donors (Lipinski definition) is 0. The predicted molar refractivity (Wildman–Crippen MR) is 181 cm³/mol. The normalized spacial score (nSPS) is 13.0. The van der Waals surface area contributed by atoms with Crippen molar-refractivity contribution in [3.63, 3.8) is 0 Å². The second kappa shape index (κ2) is 9.84. The molecule has 1 atom stereocenters. The first kappa shape index (κ1) is 24.8. The van der Waals surface area contributed by atoms with E-state index in [2.05, 4.69) is 121 Å². The van der Waals surface area contributed by atoms with Crippen molar-refractivity contribution in [3.05, 3.63) is 164 Å². The second-order valence-electron chi connectivity index (χ2n) is 10.9. The Hall–Kier alpha value is -4.97. The fraction of sp³-hybridized carbons (Fsp3) is 0. The summed E-state index contributed by atoms with van der Waals surface area (Å²) < 4.78 is 15.6. The van der Waals surface area contributed by atoms with E-state index in [0.717, 1.165) is 48.6 Å². The van der Waals surface area contributed by atoms with Gasteiger partial charge in [-0.3, -0.25) is 0 Å². The van der Waals surface area contributed by atoms with Gasteiger partial charge in [0.25, 0.3) is 0 Å². The molecule has 0 heterocycles. The number of fused-ring (bicyclic) bond motifs is 5. The van der Waals surface area contributed by atoms with Crippen LogP contribution in [0.1, 0.15) is 0 Å². The van der Waals surface area contributed by atoms with Crippen LogP contribution in [0.15, 0.2) is 164 Å². The van der Waals surface area contributed by atoms with Gasteiger partial charge in [-0.2, -0.15) is 0 Å². The van der Waals surface area contributed by atoms with Crippen LogP contribution in [0, 0.1) is 0 Å². The SMILES string of the molecule is O=P(c1ccc(-c2ccc3ccc4ccccc4c3c2)cc1)(c1ccc2ccccc2c1)c1cccc2ccccc12. The van der Waals surface area contributed by atoms with E-state index in [1.165, 1.54) is 21.5 Å². The maximum atomic E-state index is 15.6. The Morgan fingerprint density at radius 2 is 0.857 bits per heavy atom. The van der Waals surface area contributed by atoms with Crippen LogP contribution >= 0.6 is 7.14 Å². The van der Waals surface area contributed by atoms with E-state index >= 15 is 4.57 Å². The standard InChI is InChI=1S/C40H27OP/c41-42(36-25-22-28-8-1-2-11-33(28)26-36,40-15-7-12-30-9-4-6-14-38(30)40)35-23-20-29(21-24-35)34-19-18-32-17-16-31-10-3-5-13-37(31)39(32)27-34/h1-27H. The summed E-state index contributed by atoms with van der Waals surface area (Å²) in [4.78, 5) is 0. The number of rotatable bonds is 4. The van der Waals surface area contributed by atoms with E-state index in [1.807, 2.05) is 42.5 Å². The summed E-state index contributed by atoms with van der Waals surface area (Å²) >= 11 is 0. The molecule has 0 fully saturated rings. The molecular weight excluding hydrogens is 527 g/mol. The third kappa shape index (κ3) is 3.97. The van der Waals surface area contributed by atoms with Crippen molar-refractivity contribution >= 4 is 66.1 Å². The Morgan fingerprint density at radius 1 is 0.333 bits per heavy atom. The van der Waals surface area contributed by atoms with Gasteiger partial charge in [0.2, 0.25) is 0 Å². The average molecular weight is 555 g/mol. The summed E-state index contributed by atoms with van der Waals surface area (Å²) in [6.07, 6.45) is 0. The predicted octanol–water partition coefficient (Wildman–Crippen LogP) is 9.61. The van der Waals surface area contributed by atoms with Gasteiger partial charge in [-0.05, 0) is 66.3 Å². The molecule has 0 spiro atoms. The van der Waals surface area contributed by atoms with Gasteiger partial charge in [-0.25, -0.2) is 0 Å². The van der Waals surface area contributed by atoms with Gasteiger partial charge < -0.3 is 4.57 Å². The Labute approximate surface area is 245 Å². The molecule has 198 valence electrons. The highest BCUT2D eigenvalue weighted by Crippen LogP contribution is 2.45. The van der Waals surface area contributed by atoms with Crippen molar-refractivity contribution in [2.75, 3.05) is 0 Å². The molecule has 0 aliphatic rings. The highest BCUT2D eigenvalue weighted by Gasteiger charge is 2.31. The fourth-order valence-corrected chi connectivity index (χ4v) is 9.20. The zero-order valence-electron chi connectivity index (χ0n) is 22.9. The van der Waals surface area contributed by atoms with Crippen molar-refractivity contribution in [3.8, 4) is 11.1 Å². The van der Waals surface area contributed by atoms with E-state index in [9.17, 15) is 0 Å². The van der Waals surface area contributed by atoms with E-state index < -0.39 is 7.14 Å². The van der Waals surface area contributed by atoms with E-state index in [4.69, 9.17) is 0 Å². The van der Waals surface area contributed by atoms with Gasteiger partial charge in [0.05, 0.1) is 0 Å². The minimum atomic E-state index is -3.21. The Balaban J connectivity index is 1.31. The quantitative estimate of drug-likeness (QED) is 0.156. The van der Waals surface area contributed by atoms with Gasteiger partial charge in [0.15, 0.2) is 7.14 Å². The molecule has 42 heavy (non-hydrogen) atoms. The van der Waals surface area contributed by atoms with Crippen molar-refractivity contribution < 1.29 is 4.57 Å². The summed E-state index contributed by atoms with van der Waals surface area (Å²) in [6, 6.07) is 56.9. The molecule has 1 nitrogen and oxygen atoms in total. The summed E-state index contributed by atoms with van der Waals surface area (Å²) in [6.45, 7) is 0. The van der Waals surface area contributed by atoms with Crippen molar-refractivity contribution in [2.45, 2.75) is 0 Å². The maximum Gasteiger partial charge on any atom is 0.171 e. The first-order chi connectivity index (χ1) is 20.7. The van der Waals surface area contributed by atoms with Gasteiger partial charge in [-0.15, -0.1) is 0 Å². The lowest BCUT2D eigenvalue weighted by molar-refractivity contribution is 0.592. The second-order valence-corrected chi connectivity index (χ2v) is 13.6. The third-order valence-corrected chi connectivity index (χ3v) is 11.6. The molecule has 0 amide bonds. The van der Waals surface area contributed by atoms with Crippen molar-refractivity contribution in [2.24, 2.45) is 0 Å². The molecule has 2 heteroatoms. The molecule has 8 aromatic rings. The van der Waals surface area contributed by atoms with Crippen LogP contribution in [0.4, 0.5) is 0 Å². The highest BCUT2D eigenvalue weighted by molar-refractivity contribution is 7.85. The molecule has 0 radical (unpaired) electrons. The first-order valence-electron chi connectivity index (χ1n) is 14.3. The van der Waals surface area contributed by atoms with Gasteiger partial charge in [-0.1, -0.05) is 152 Å². The van der Waals surface area contributed by atoms with Crippen molar-refractivity contribution in [1.82, 2.24) is 0 Å². The maximum absolute atomic E-state index is 15.6. The lowest BCUT2D eigenvalue weighted by atomic mass is 9.97. The van der Waals surface area contributed by atoms with E-state index in [-0.39, 0.29) is 0 Å². The Bertz CT molecular complexity index is 2330. The molecule has 0 bridgehead atoms. The van der Waals surface area contributed by atoms with Crippen molar-refractivity contribution in [1.29, 1.82) is 0 Å². The van der Waals surface area contributed by atoms with E-state index in [0.29, 0.717) is 0 Å². The fourth-order valence-electron chi connectivity index (χ4n) is 6.33. The van der Waals surface area contributed by atoms with Crippen LogP contribution in [0.2, 0.25) is 0 Å². The summed E-state index contributed by atoms with van der Waals surface area (Å²) in [7, 11) is -3.21. The lowest BCUT2D eigenvalue weighted by Gasteiger charge is -2.22. The Morgan fingerprint density at radius 3 is 1.64 bits per heavy atom. The summed E-state index contributed by atoms with van der Waals surface area (Å²) in [5.41, 5.74) is 2.26. The molecule has 0 aromatic heterocycles. The molecule has 0 saturated heterocycles. The van der Waals surface area contributed by atoms with Crippen LogP contribution in [0.5, 0.6) is 0 Å². The van der Waals surface area contributed by atoms with Gasteiger partial charge in [0, 0.05) is 15.9 Å². The molecule has 1 unspecified atom stereocenters. The summed E-state index contributed by atoms with van der Waals surface area (Å²) in [5, 5.41) is 11.9. The third-order valence-electron chi connectivity index (χ3n) is 8.51. The molecule has 0 N–H and O–H groups in total. The largest absolute Gasteiger partial charge is 0.309 e. The molecule has 0 aliphatic heterocycles. The monoisotopic (exact) mass is 554 g/mol. The van der Waals surface area contributed by atoms with Gasteiger partial charge >= 0.3 is 0 Å². The van der Waals surface area contributed by atoms with Crippen LogP contribution in [0.3, 0.4) is 0 Å². The minimum Gasteiger partial charge on any atom is -0.309 e. The van der Waals surface area contributed by atoms with Crippen LogP contribution < -0.4 is 15.9 Å². The van der Waals surface area contributed by atoms with E-state index in [1.54, 1.807) is 0 Å². The first-order valence-corrected chi connectivity index (χ1v) is 16.0. The van der Waals surface area contributed by atoms with Gasteiger partial charge in [0.1, 0.15) is 0 Å². The molecule has 0 saturated carbocycles. The molecule has 8 aromatic carbocycles. The zero-order chi connectivity index (χ0) is 28.1.